The zero-order valence-corrected chi connectivity index (χ0v) is 13.5. The van der Waals surface area contributed by atoms with Gasteiger partial charge in [0.25, 0.3) is 5.91 Å². The molecule has 0 saturated carbocycles. The van der Waals surface area contributed by atoms with E-state index in [0.29, 0.717) is 15.1 Å². The fraction of sp³-hybridized carbons (Fsp3) is 0. The fourth-order valence-corrected chi connectivity index (χ4v) is 2.83. The SMILES string of the molecule is O=C(Nc1cccc(Cl)c1C(=O)O)c1ccc(Cl)cc1Br. The first-order valence-electron chi connectivity index (χ1n) is 5.68. The lowest BCUT2D eigenvalue weighted by molar-refractivity contribution is 0.0698. The van der Waals surface area contributed by atoms with E-state index in [4.69, 9.17) is 28.3 Å². The highest BCUT2D eigenvalue weighted by molar-refractivity contribution is 9.10. The van der Waals surface area contributed by atoms with Gasteiger partial charge < -0.3 is 10.4 Å². The second kappa shape index (κ2) is 6.47. The van der Waals surface area contributed by atoms with Crippen molar-refractivity contribution in [3.05, 3.63) is 62.0 Å². The highest BCUT2D eigenvalue weighted by Gasteiger charge is 2.18. The largest absolute Gasteiger partial charge is 0.478 e. The number of nitrogens with one attached hydrogen (secondary N) is 1. The Labute approximate surface area is 138 Å². The van der Waals surface area contributed by atoms with E-state index in [-0.39, 0.29) is 16.3 Å². The predicted octanol–water partition coefficient (Wildman–Crippen LogP) is 4.71. The number of hydrogen-bond acceptors (Lipinski definition) is 2. The normalized spacial score (nSPS) is 10.2. The zero-order valence-electron chi connectivity index (χ0n) is 10.4. The average Bonchev–Trinajstić information content (AvgIpc) is 2.37. The summed E-state index contributed by atoms with van der Waals surface area (Å²) in [5, 5.41) is 12.2. The lowest BCUT2D eigenvalue weighted by atomic mass is 10.1. The van der Waals surface area contributed by atoms with Gasteiger partial charge in [0.2, 0.25) is 0 Å². The van der Waals surface area contributed by atoms with Crippen LogP contribution in [0.3, 0.4) is 0 Å². The van der Waals surface area contributed by atoms with Crippen molar-refractivity contribution in [2.24, 2.45) is 0 Å². The summed E-state index contributed by atoms with van der Waals surface area (Å²) < 4.78 is 0.506. The molecule has 1 amide bonds. The molecule has 0 bridgehead atoms. The quantitative estimate of drug-likeness (QED) is 0.800. The number of amides is 1. The van der Waals surface area contributed by atoms with Crippen molar-refractivity contribution in [1.29, 1.82) is 0 Å². The smallest absolute Gasteiger partial charge is 0.339 e. The second-order valence-corrected chi connectivity index (χ2v) is 5.74. The summed E-state index contributed by atoms with van der Waals surface area (Å²) in [6.45, 7) is 0. The fourth-order valence-electron chi connectivity index (χ4n) is 1.71. The summed E-state index contributed by atoms with van der Waals surface area (Å²) in [6.07, 6.45) is 0. The van der Waals surface area contributed by atoms with E-state index in [2.05, 4.69) is 21.2 Å². The maximum absolute atomic E-state index is 12.2. The third kappa shape index (κ3) is 3.56. The van der Waals surface area contributed by atoms with Crippen LogP contribution in [0.25, 0.3) is 0 Å². The molecule has 0 saturated heterocycles. The van der Waals surface area contributed by atoms with Gasteiger partial charge in [-0.2, -0.15) is 0 Å². The highest BCUT2D eigenvalue weighted by Crippen LogP contribution is 2.26. The van der Waals surface area contributed by atoms with Crippen LogP contribution in [0.15, 0.2) is 40.9 Å². The minimum absolute atomic E-state index is 0.0514. The number of carbonyl (C=O) groups is 2. The van der Waals surface area contributed by atoms with Crippen LogP contribution in [-0.4, -0.2) is 17.0 Å². The monoisotopic (exact) mass is 387 g/mol. The maximum atomic E-state index is 12.2. The number of halogens is 3. The average molecular weight is 389 g/mol. The van der Waals surface area contributed by atoms with Crippen molar-refractivity contribution in [3.8, 4) is 0 Å². The van der Waals surface area contributed by atoms with Gasteiger partial charge in [0.15, 0.2) is 0 Å². The first kappa shape index (κ1) is 15.8. The molecule has 7 heteroatoms. The maximum Gasteiger partial charge on any atom is 0.339 e. The van der Waals surface area contributed by atoms with Gasteiger partial charge >= 0.3 is 5.97 Å². The molecule has 0 heterocycles. The second-order valence-electron chi connectivity index (χ2n) is 4.05. The van der Waals surface area contributed by atoms with Crippen molar-refractivity contribution in [3.63, 3.8) is 0 Å². The Morgan fingerprint density at radius 3 is 2.48 bits per heavy atom. The van der Waals surface area contributed by atoms with Gasteiger partial charge in [-0.15, -0.1) is 0 Å². The summed E-state index contributed by atoms with van der Waals surface area (Å²) >= 11 is 14.9. The molecule has 0 radical (unpaired) electrons. The van der Waals surface area contributed by atoms with Crippen molar-refractivity contribution < 1.29 is 14.7 Å². The van der Waals surface area contributed by atoms with Crippen LogP contribution >= 0.6 is 39.1 Å². The van der Waals surface area contributed by atoms with E-state index in [1.54, 1.807) is 18.2 Å². The standard InChI is InChI=1S/C14H8BrCl2NO3/c15-9-6-7(16)4-5-8(9)13(19)18-11-3-1-2-10(17)12(11)14(20)21/h1-6H,(H,18,19)(H,20,21). The number of hydrogen-bond donors (Lipinski definition) is 2. The summed E-state index contributed by atoms with van der Waals surface area (Å²) in [6, 6.07) is 9.15. The van der Waals surface area contributed by atoms with Gasteiger partial charge in [-0.3, -0.25) is 4.79 Å². The van der Waals surface area contributed by atoms with E-state index in [0.717, 1.165) is 0 Å². The molecule has 108 valence electrons. The van der Waals surface area contributed by atoms with Crippen molar-refractivity contribution >= 4 is 56.7 Å². The molecule has 0 fully saturated rings. The van der Waals surface area contributed by atoms with E-state index in [1.807, 2.05) is 0 Å². The van der Waals surface area contributed by atoms with E-state index in [9.17, 15) is 9.59 Å². The minimum atomic E-state index is -1.22. The highest BCUT2D eigenvalue weighted by atomic mass is 79.9. The van der Waals surface area contributed by atoms with Gasteiger partial charge in [-0.05, 0) is 46.3 Å². The van der Waals surface area contributed by atoms with Gasteiger partial charge in [-0.25, -0.2) is 4.79 Å². The number of carbonyl (C=O) groups excluding carboxylic acids is 1. The number of anilines is 1. The molecule has 0 spiro atoms. The zero-order chi connectivity index (χ0) is 15.6. The lowest BCUT2D eigenvalue weighted by Gasteiger charge is -2.10. The Balaban J connectivity index is 2.36. The Morgan fingerprint density at radius 2 is 1.86 bits per heavy atom. The predicted molar refractivity (Wildman–Crippen MR) is 85.5 cm³/mol. The summed E-state index contributed by atoms with van der Waals surface area (Å²) in [4.78, 5) is 23.4. The minimum Gasteiger partial charge on any atom is -0.478 e. The number of carboxylic acids is 1. The van der Waals surface area contributed by atoms with E-state index >= 15 is 0 Å². The molecule has 0 aromatic heterocycles. The first-order valence-corrected chi connectivity index (χ1v) is 7.23. The van der Waals surface area contributed by atoms with E-state index in [1.165, 1.54) is 18.2 Å². The van der Waals surface area contributed by atoms with Crippen LogP contribution in [0.1, 0.15) is 20.7 Å². The summed E-state index contributed by atoms with van der Waals surface area (Å²) in [5.41, 5.74) is 0.301. The Morgan fingerprint density at radius 1 is 1.14 bits per heavy atom. The van der Waals surface area contributed by atoms with Crippen LogP contribution in [-0.2, 0) is 0 Å². The molecule has 0 aliphatic carbocycles. The van der Waals surface area contributed by atoms with Crippen LogP contribution < -0.4 is 5.32 Å². The Bertz CT molecular complexity index is 734. The summed E-state index contributed by atoms with van der Waals surface area (Å²) in [5.74, 6) is -1.69. The molecule has 2 aromatic carbocycles. The molecule has 0 aliphatic rings. The van der Waals surface area contributed by atoms with Crippen molar-refractivity contribution in [2.75, 3.05) is 5.32 Å². The first-order chi connectivity index (χ1) is 9.90. The lowest BCUT2D eigenvalue weighted by Crippen LogP contribution is -2.15. The third-order valence-electron chi connectivity index (χ3n) is 2.65. The van der Waals surface area contributed by atoms with Gasteiger partial charge in [0.05, 0.1) is 16.3 Å². The molecule has 2 rings (SSSR count). The molecular formula is C14H8BrCl2NO3. The molecule has 21 heavy (non-hydrogen) atoms. The van der Waals surface area contributed by atoms with Crippen molar-refractivity contribution in [2.45, 2.75) is 0 Å². The van der Waals surface area contributed by atoms with Gasteiger partial charge in [0, 0.05) is 9.50 Å². The van der Waals surface area contributed by atoms with Crippen molar-refractivity contribution in [1.82, 2.24) is 0 Å². The number of benzene rings is 2. The van der Waals surface area contributed by atoms with Gasteiger partial charge in [-0.1, -0.05) is 29.3 Å². The number of rotatable bonds is 3. The Hall–Kier alpha value is -1.56. The molecule has 2 N–H and O–H groups in total. The molecule has 2 aromatic rings. The van der Waals surface area contributed by atoms with E-state index < -0.39 is 11.9 Å². The molecule has 0 aliphatic heterocycles. The van der Waals surface area contributed by atoms with Crippen LogP contribution in [0.2, 0.25) is 10.0 Å². The van der Waals surface area contributed by atoms with Crippen LogP contribution in [0, 0.1) is 0 Å². The number of carboxylic acid groups (broad SMARTS) is 1. The number of aromatic carboxylic acids is 1. The van der Waals surface area contributed by atoms with Crippen LogP contribution in [0.5, 0.6) is 0 Å². The van der Waals surface area contributed by atoms with Crippen LogP contribution in [0.4, 0.5) is 5.69 Å². The topological polar surface area (TPSA) is 66.4 Å². The Kier molecular flexibility index (Phi) is 4.88. The van der Waals surface area contributed by atoms with Gasteiger partial charge in [0.1, 0.15) is 5.56 Å². The summed E-state index contributed by atoms with van der Waals surface area (Å²) in [7, 11) is 0. The molecule has 4 nitrogen and oxygen atoms in total. The molecule has 0 atom stereocenters. The third-order valence-corrected chi connectivity index (χ3v) is 3.86. The molecule has 0 unspecified atom stereocenters. The molecular weight excluding hydrogens is 381 g/mol.